The SMILES string of the molecule is CC(CN)NCc1cccnc1OC(C)C. The second-order valence-electron chi connectivity index (χ2n) is 4.15. The molecule has 0 aliphatic rings. The van der Waals surface area contributed by atoms with Crippen LogP contribution in [0.15, 0.2) is 18.3 Å². The summed E-state index contributed by atoms with van der Waals surface area (Å²) in [5, 5.41) is 3.32. The van der Waals surface area contributed by atoms with Crippen molar-refractivity contribution in [1.29, 1.82) is 0 Å². The molecule has 0 bridgehead atoms. The highest BCUT2D eigenvalue weighted by Crippen LogP contribution is 2.15. The molecule has 4 heteroatoms. The number of nitrogens with two attached hydrogens (primary N) is 1. The van der Waals surface area contributed by atoms with E-state index in [1.54, 1.807) is 6.20 Å². The minimum atomic E-state index is 0.139. The molecule has 0 spiro atoms. The molecule has 0 radical (unpaired) electrons. The predicted octanol–water partition coefficient (Wildman–Crippen LogP) is 1.31. The molecule has 4 nitrogen and oxygen atoms in total. The summed E-state index contributed by atoms with van der Waals surface area (Å²) >= 11 is 0. The molecule has 0 amide bonds. The molecular formula is C12H21N3O. The third kappa shape index (κ3) is 4.16. The van der Waals surface area contributed by atoms with E-state index in [-0.39, 0.29) is 6.10 Å². The molecular weight excluding hydrogens is 202 g/mol. The Balaban J connectivity index is 2.63. The molecule has 0 aliphatic heterocycles. The predicted molar refractivity (Wildman–Crippen MR) is 65.4 cm³/mol. The second kappa shape index (κ2) is 6.45. The number of ether oxygens (including phenoxy) is 1. The van der Waals surface area contributed by atoms with Gasteiger partial charge in [0.2, 0.25) is 5.88 Å². The summed E-state index contributed by atoms with van der Waals surface area (Å²) in [5.41, 5.74) is 6.61. The van der Waals surface area contributed by atoms with E-state index in [2.05, 4.69) is 17.2 Å². The highest BCUT2D eigenvalue weighted by Gasteiger charge is 2.07. The van der Waals surface area contributed by atoms with Crippen LogP contribution in [0.4, 0.5) is 0 Å². The van der Waals surface area contributed by atoms with Crippen molar-refractivity contribution in [2.75, 3.05) is 6.54 Å². The minimum Gasteiger partial charge on any atom is -0.475 e. The van der Waals surface area contributed by atoms with Gasteiger partial charge in [-0.05, 0) is 26.8 Å². The lowest BCUT2D eigenvalue weighted by atomic mass is 10.2. The van der Waals surface area contributed by atoms with Gasteiger partial charge in [-0.25, -0.2) is 4.98 Å². The fourth-order valence-electron chi connectivity index (χ4n) is 1.26. The number of hydrogen-bond acceptors (Lipinski definition) is 4. The van der Waals surface area contributed by atoms with Crippen LogP contribution in [0.5, 0.6) is 5.88 Å². The van der Waals surface area contributed by atoms with Gasteiger partial charge < -0.3 is 15.8 Å². The lowest BCUT2D eigenvalue weighted by Crippen LogP contribution is -2.32. The van der Waals surface area contributed by atoms with E-state index < -0.39 is 0 Å². The zero-order valence-corrected chi connectivity index (χ0v) is 10.2. The molecule has 1 heterocycles. The molecule has 1 rings (SSSR count). The first-order valence-corrected chi connectivity index (χ1v) is 5.67. The quantitative estimate of drug-likeness (QED) is 0.763. The lowest BCUT2D eigenvalue weighted by molar-refractivity contribution is 0.229. The van der Waals surface area contributed by atoms with Gasteiger partial charge in [0.25, 0.3) is 0 Å². The summed E-state index contributed by atoms with van der Waals surface area (Å²) in [4.78, 5) is 4.23. The van der Waals surface area contributed by atoms with Crippen molar-refractivity contribution in [3.8, 4) is 5.88 Å². The van der Waals surface area contributed by atoms with Crippen LogP contribution in [-0.2, 0) is 6.54 Å². The van der Waals surface area contributed by atoms with Crippen molar-refractivity contribution in [2.24, 2.45) is 5.73 Å². The van der Waals surface area contributed by atoms with Crippen LogP contribution in [0, 0.1) is 0 Å². The highest BCUT2D eigenvalue weighted by molar-refractivity contribution is 5.25. The maximum absolute atomic E-state index is 5.63. The highest BCUT2D eigenvalue weighted by atomic mass is 16.5. The van der Waals surface area contributed by atoms with Gasteiger partial charge in [-0.1, -0.05) is 6.07 Å². The lowest BCUT2D eigenvalue weighted by Gasteiger charge is -2.15. The van der Waals surface area contributed by atoms with E-state index in [0.29, 0.717) is 18.5 Å². The van der Waals surface area contributed by atoms with Gasteiger partial charge in [0.1, 0.15) is 0 Å². The van der Waals surface area contributed by atoms with Crippen molar-refractivity contribution < 1.29 is 4.74 Å². The number of hydrogen-bond donors (Lipinski definition) is 2. The van der Waals surface area contributed by atoms with Crippen LogP contribution >= 0.6 is 0 Å². The standard InChI is InChI=1S/C12H21N3O/c1-9(2)16-12-11(5-4-6-14-12)8-15-10(3)7-13/h4-6,9-10,15H,7-8,13H2,1-3H3. The Kier molecular flexibility index (Phi) is 5.22. The van der Waals surface area contributed by atoms with Crippen LogP contribution in [0.2, 0.25) is 0 Å². The normalized spacial score (nSPS) is 12.8. The van der Waals surface area contributed by atoms with Crippen molar-refractivity contribution in [2.45, 2.75) is 39.5 Å². The molecule has 1 aromatic heterocycles. The zero-order chi connectivity index (χ0) is 12.0. The fourth-order valence-corrected chi connectivity index (χ4v) is 1.26. The molecule has 0 saturated carbocycles. The minimum absolute atomic E-state index is 0.139. The Morgan fingerprint density at radius 2 is 2.19 bits per heavy atom. The number of rotatable bonds is 6. The Morgan fingerprint density at radius 3 is 2.81 bits per heavy atom. The molecule has 0 fully saturated rings. The monoisotopic (exact) mass is 223 g/mol. The molecule has 3 N–H and O–H groups in total. The van der Waals surface area contributed by atoms with E-state index >= 15 is 0 Å². The van der Waals surface area contributed by atoms with Gasteiger partial charge in [-0.3, -0.25) is 0 Å². The van der Waals surface area contributed by atoms with Gasteiger partial charge in [0.15, 0.2) is 0 Å². The number of nitrogens with one attached hydrogen (secondary N) is 1. The summed E-state index contributed by atoms with van der Waals surface area (Å²) in [6.07, 6.45) is 1.88. The van der Waals surface area contributed by atoms with Gasteiger partial charge >= 0.3 is 0 Å². The summed E-state index contributed by atoms with van der Waals surface area (Å²) in [6.45, 7) is 7.40. The van der Waals surface area contributed by atoms with E-state index in [9.17, 15) is 0 Å². The maximum atomic E-state index is 5.63. The Hall–Kier alpha value is -1.13. The zero-order valence-electron chi connectivity index (χ0n) is 10.2. The number of nitrogens with zero attached hydrogens (tertiary/aromatic N) is 1. The van der Waals surface area contributed by atoms with Crippen LogP contribution < -0.4 is 15.8 Å². The third-order valence-corrected chi connectivity index (χ3v) is 2.19. The summed E-state index contributed by atoms with van der Waals surface area (Å²) < 4.78 is 5.63. The van der Waals surface area contributed by atoms with Gasteiger partial charge in [-0.2, -0.15) is 0 Å². The molecule has 1 unspecified atom stereocenters. The molecule has 90 valence electrons. The third-order valence-electron chi connectivity index (χ3n) is 2.19. The second-order valence-corrected chi connectivity index (χ2v) is 4.15. The smallest absolute Gasteiger partial charge is 0.218 e. The van der Waals surface area contributed by atoms with E-state index in [0.717, 1.165) is 12.1 Å². The van der Waals surface area contributed by atoms with E-state index in [1.165, 1.54) is 0 Å². The molecule has 16 heavy (non-hydrogen) atoms. The van der Waals surface area contributed by atoms with E-state index in [4.69, 9.17) is 10.5 Å². The van der Waals surface area contributed by atoms with Crippen LogP contribution in [0.3, 0.4) is 0 Å². The maximum Gasteiger partial charge on any atom is 0.218 e. The average molecular weight is 223 g/mol. The van der Waals surface area contributed by atoms with Crippen LogP contribution in [0.25, 0.3) is 0 Å². The molecule has 0 aromatic carbocycles. The summed E-state index contributed by atoms with van der Waals surface area (Å²) in [6, 6.07) is 4.23. The van der Waals surface area contributed by atoms with Gasteiger partial charge in [0, 0.05) is 30.9 Å². The largest absolute Gasteiger partial charge is 0.475 e. The van der Waals surface area contributed by atoms with Crippen LogP contribution in [-0.4, -0.2) is 23.7 Å². The molecule has 1 aromatic rings. The van der Waals surface area contributed by atoms with Crippen molar-refractivity contribution in [3.05, 3.63) is 23.9 Å². The molecule has 0 saturated heterocycles. The Morgan fingerprint density at radius 1 is 1.44 bits per heavy atom. The first kappa shape index (κ1) is 12.9. The van der Waals surface area contributed by atoms with Crippen molar-refractivity contribution in [3.63, 3.8) is 0 Å². The first-order valence-electron chi connectivity index (χ1n) is 5.67. The first-order chi connectivity index (χ1) is 7.63. The fraction of sp³-hybridized carbons (Fsp3) is 0.583. The molecule has 0 aliphatic carbocycles. The summed E-state index contributed by atoms with van der Waals surface area (Å²) in [5.74, 6) is 0.703. The Labute approximate surface area is 97.2 Å². The van der Waals surface area contributed by atoms with Gasteiger partial charge in [-0.15, -0.1) is 0 Å². The Bertz CT molecular complexity index is 315. The number of pyridine rings is 1. The topological polar surface area (TPSA) is 60.2 Å². The molecule has 1 atom stereocenters. The van der Waals surface area contributed by atoms with E-state index in [1.807, 2.05) is 26.0 Å². The van der Waals surface area contributed by atoms with Crippen molar-refractivity contribution in [1.82, 2.24) is 10.3 Å². The van der Waals surface area contributed by atoms with Crippen molar-refractivity contribution >= 4 is 0 Å². The average Bonchev–Trinajstić information content (AvgIpc) is 2.26. The summed E-state index contributed by atoms with van der Waals surface area (Å²) in [7, 11) is 0. The van der Waals surface area contributed by atoms with Gasteiger partial charge in [0.05, 0.1) is 6.10 Å². The number of aromatic nitrogens is 1. The van der Waals surface area contributed by atoms with Crippen LogP contribution in [0.1, 0.15) is 26.3 Å².